The Morgan fingerprint density at radius 2 is 1.35 bits per heavy atom. The van der Waals surface area contributed by atoms with Crippen LogP contribution in [0.1, 0.15) is 43.0 Å². The van der Waals surface area contributed by atoms with Gasteiger partial charge in [0, 0.05) is 5.56 Å². The van der Waals surface area contributed by atoms with E-state index in [0.717, 1.165) is 0 Å². The van der Waals surface area contributed by atoms with Crippen molar-refractivity contribution in [3.05, 3.63) is 94.0 Å². The Kier molecular flexibility index (Phi) is 6.62. The van der Waals surface area contributed by atoms with E-state index < -0.39 is 5.91 Å². The van der Waals surface area contributed by atoms with Gasteiger partial charge < -0.3 is 15.2 Å². The molecule has 2 N–H and O–H groups in total. The van der Waals surface area contributed by atoms with Crippen LogP contribution >= 0.6 is 0 Å². The monoisotopic (exact) mass is 411 g/mol. The smallest absolute Gasteiger partial charge is 0.256 e. The number of aldehydes is 1. The van der Waals surface area contributed by atoms with Gasteiger partial charge in [0.2, 0.25) is 0 Å². The second kappa shape index (κ2) is 9.73. The Morgan fingerprint density at radius 3 is 1.74 bits per heavy atom. The van der Waals surface area contributed by atoms with Gasteiger partial charge in [-0.2, -0.15) is 10.5 Å². The zero-order valence-corrected chi connectivity index (χ0v) is 16.4. The van der Waals surface area contributed by atoms with Gasteiger partial charge >= 0.3 is 0 Å². The Labute approximate surface area is 178 Å². The minimum absolute atomic E-state index is 0.00141. The Bertz CT molecular complexity index is 1140. The molecule has 3 aromatic carbocycles. The van der Waals surface area contributed by atoms with Crippen molar-refractivity contribution in [3.8, 4) is 23.6 Å². The van der Waals surface area contributed by atoms with Gasteiger partial charge in [0.15, 0.2) is 0 Å². The molecule has 0 aliphatic heterocycles. The summed E-state index contributed by atoms with van der Waals surface area (Å²) in [7, 11) is 0. The quantitative estimate of drug-likeness (QED) is 0.565. The van der Waals surface area contributed by atoms with Crippen LogP contribution in [0.4, 0.5) is 0 Å². The number of hydrogen-bond acceptors (Lipinski definition) is 6. The minimum atomic E-state index is -0.779. The molecule has 0 fully saturated rings. The molecule has 31 heavy (non-hydrogen) atoms. The summed E-state index contributed by atoms with van der Waals surface area (Å²) in [5, 5.41) is 18.1. The Hall–Kier alpha value is -4.62. The third-order valence-electron chi connectivity index (χ3n) is 4.37. The fourth-order valence-corrected chi connectivity index (χ4v) is 2.93. The average molecular weight is 411 g/mol. The summed E-state index contributed by atoms with van der Waals surface area (Å²) in [6, 6.07) is 20.5. The third-order valence-corrected chi connectivity index (χ3v) is 4.37. The van der Waals surface area contributed by atoms with Crippen LogP contribution in [0.5, 0.6) is 11.5 Å². The van der Waals surface area contributed by atoms with Gasteiger partial charge in [0.25, 0.3) is 5.91 Å². The summed E-state index contributed by atoms with van der Waals surface area (Å²) in [6.45, 7) is 0.115. The molecule has 0 aliphatic rings. The van der Waals surface area contributed by atoms with E-state index in [1.54, 1.807) is 48.5 Å². The number of carbonyl (C=O) groups excluding carboxylic acids is 2. The highest BCUT2D eigenvalue weighted by Crippen LogP contribution is 2.31. The summed E-state index contributed by atoms with van der Waals surface area (Å²) in [5.41, 5.74) is 8.17. The first-order valence-corrected chi connectivity index (χ1v) is 9.20. The van der Waals surface area contributed by atoms with Gasteiger partial charge in [-0.05, 0) is 47.5 Å². The lowest BCUT2D eigenvalue weighted by molar-refractivity contribution is 0.0989. The van der Waals surface area contributed by atoms with Crippen molar-refractivity contribution >= 4 is 12.2 Å². The number of ether oxygens (including phenoxy) is 2. The second-order valence-corrected chi connectivity index (χ2v) is 6.58. The first-order valence-electron chi connectivity index (χ1n) is 9.20. The van der Waals surface area contributed by atoms with Gasteiger partial charge in [-0.3, -0.25) is 9.59 Å². The van der Waals surface area contributed by atoms with E-state index in [2.05, 4.69) is 0 Å². The molecule has 7 heteroatoms. The molecule has 3 aromatic rings. The molecular weight excluding hydrogens is 394 g/mol. The normalized spacial score (nSPS) is 9.87. The zero-order valence-electron chi connectivity index (χ0n) is 16.4. The maximum atomic E-state index is 12.2. The van der Waals surface area contributed by atoms with Crippen molar-refractivity contribution in [1.29, 1.82) is 10.5 Å². The molecule has 0 aromatic heterocycles. The predicted octanol–water partition coefficient (Wildman–Crippen LogP) is 3.50. The molecule has 0 bridgehead atoms. The van der Waals surface area contributed by atoms with Crippen molar-refractivity contribution in [3.63, 3.8) is 0 Å². The average Bonchev–Trinajstić information content (AvgIpc) is 2.81. The standard InChI is InChI=1S/C24H17N3O4/c25-11-16-3-1-5-18(7-16)14-30-21-9-20(13-28)10-22(23(21)24(27)29)31-15-19-6-2-4-17(8-19)12-26/h1-10,13H,14-15H2,(H2,27,29). The van der Waals surface area contributed by atoms with Crippen LogP contribution in [0.3, 0.4) is 0 Å². The van der Waals surface area contributed by atoms with Crippen molar-refractivity contribution < 1.29 is 19.1 Å². The van der Waals surface area contributed by atoms with E-state index in [4.69, 9.17) is 25.7 Å². The number of nitrogens with two attached hydrogens (primary N) is 1. The lowest BCUT2D eigenvalue weighted by Crippen LogP contribution is -2.16. The number of hydrogen-bond donors (Lipinski definition) is 1. The minimum Gasteiger partial charge on any atom is -0.488 e. The molecule has 0 saturated carbocycles. The molecule has 0 saturated heterocycles. The molecule has 0 aliphatic carbocycles. The van der Waals surface area contributed by atoms with Gasteiger partial charge in [0.1, 0.15) is 36.6 Å². The Morgan fingerprint density at radius 1 is 0.871 bits per heavy atom. The fraction of sp³-hybridized carbons (Fsp3) is 0.0833. The number of nitrogens with zero attached hydrogens (tertiary/aromatic N) is 2. The van der Waals surface area contributed by atoms with Crippen molar-refractivity contribution in [2.24, 2.45) is 5.73 Å². The molecule has 0 heterocycles. The Balaban J connectivity index is 1.90. The molecule has 0 radical (unpaired) electrons. The highest BCUT2D eigenvalue weighted by atomic mass is 16.5. The molecule has 0 unspecified atom stereocenters. The molecule has 1 amide bonds. The second-order valence-electron chi connectivity index (χ2n) is 6.58. The van der Waals surface area contributed by atoms with Gasteiger partial charge in [0.05, 0.1) is 23.3 Å². The van der Waals surface area contributed by atoms with E-state index >= 15 is 0 Å². The molecular formula is C24H17N3O4. The number of carbonyl (C=O) groups is 2. The number of nitriles is 2. The van der Waals surface area contributed by atoms with Crippen molar-refractivity contribution in [2.75, 3.05) is 0 Å². The van der Waals surface area contributed by atoms with Crippen LogP contribution in [0.25, 0.3) is 0 Å². The lowest BCUT2D eigenvalue weighted by atomic mass is 10.1. The molecule has 0 atom stereocenters. The maximum absolute atomic E-state index is 12.2. The maximum Gasteiger partial charge on any atom is 0.256 e. The zero-order chi connectivity index (χ0) is 22.2. The first kappa shape index (κ1) is 21.1. The number of benzene rings is 3. The van der Waals surface area contributed by atoms with E-state index in [9.17, 15) is 9.59 Å². The van der Waals surface area contributed by atoms with E-state index in [1.807, 2.05) is 12.1 Å². The van der Waals surface area contributed by atoms with E-state index in [0.29, 0.717) is 28.5 Å². The molecule has 152 valence electrons. The highest BCUT2D eigenvalue weighted by molar-refractivity contribution is 5.99. The predicted molar refractivity (Wildman–Crippen MR) is 111 cm³/mol. The van der Waals surface area contributed by atoms with Crippen LogP contribution in [-0.4, -0.2) is 12.2 Å². The SMILES string of the molecule is N#Cc1cccc(COc2cc(C=O)cc(OCc3cccc(C#N)c3)c2C(N)=O)c1. The van der Waals surface area contributed by atoms with Gasteiger partial charge in [-0.25, -0.2) is 0 Å². The molecule has 3 rings (SSSR count). The van der Waals surface area contributed by atoms with Crippen LogP contribution in [0, 0.1) is 22.7 Å². The topological polar surface area (TPSA) is 126 Å². The summed E-state index contributed by atoms with van der Waals surface area (Å²) in [4.78, 5) is 23.6. The van der Waals surface area contributed by atoms with E-state index in [-0.39, 0.29) is 35.8 Å². The van der Waals surface area contributed by atoms with Crippen LogP contribution < -0.4 is 15.2 Å². The summed E-state index contributed by atoms with van der Waals surface area (Å²) >= 11 is 0. The number of rotatable bonds is 8. The lowest BCUT2D eigenvalue weighted by Gasteiger charge is -2.16. The fourth-order valence-electron chi connectivity index (χ4n) is 2.93. The molecule has 7 nitrogen and oxygen atoms in total. The van der Waals surface area contributed by atoms with Crippen LogP contribution in [0.15, 0.2) is 60.7 Å². The number of primary amides is 1. The van der Waals surface area contributed by atoms with E-state index in [1.165, 1.54) is 12.1 Å². The van der Waals surface area contributed by atoms with Crippen molar-refractivity contribution in [1.82, 2.24) is 0 Å². The first-order chi connectivity index (χ1) is 15.0. The third kappa shape index (κ3) is 5.26. The van der Waals surface area contributed by atoms with Crippen LogP contribution in [-0.2, 0) is 13.2 Å². The number of amides is 1. The highest BCUT2D eigenvalue weighted by Gasteiger charge is 2.19. The summed E-state index contributed by atoms with van der Waals surface area (Å²) < 4.78 is 11.5. The largest absolute Gasteiger partial charge is 0.488 e. The molecule has 0 spiro atoms. The summed E-state index contributed by atoms with van der Waals surface area (Å²) in [6.07, 6.45) is 0.608. The summed E-state index contributed by atoms with van der Waals surface area (Å²) in [5.74, 6) is -0.584. The van der Waals surface area contributed by atoms with Gasteiger partial charge in [-0.1, -0.05) is 24.3 Å². The van der Waals surface area contributed by atoms with Gasteiger partial charge in [-0.15, -0.1) is 0 Å². The van der Waals surface area contributed by atoms with Crippen molar-refractivity contribution in [2.45, 2.75) is 13.2 Å². The van der Waals surface area contributed by atoms with Crippen LogP contribution in [0.2, 0.25) is 0 Å².